The Labute approximate surface area is 166 Å². The zero-order valence-electron chi connectivity index (χ0n) is 15.4. The van der Waals surface area contributed by atoms with Gasteiger partial charge in [0.15, 0.2) is 5.16 Å². The summed E-state index contributed by atoms with van der Waals surface area (Å²) in [6.45, 7) is 1.91. The van der Waals surface area contributed by atoms with Crippen LogP contribution in [0.15, 0.2) is 64.5 Å². The molecule has 0 radical (unpaired) electrons. The predicted molar refractivity (Wildman–Crippen MR) is 109 cm³/mol. The second kappa shape index (κ2) is 6.91. The SMILES string of the molecule is Cc1cccc2nc(CSc3nnc(C4CC4)n3-c3ccccc3)cc(=O)n12. The Hall–Kier alpha value is -2.93. The first-order valence-corrected chi connectivity index (χ1v) is 10.3. The van der Waals surface area contributed by atoms with E-state index < -0.39 is 0 Å². The summed E-state index contributed by atoms with van der Waals surface area (Å²) in [6.07, 6.45) is 2.33. The first-order chi connectivity index (χ1) is 13.7. The lowest BCUT2D eigenvalue weighted by Gasteiger charge is -2.10. The van der Waals surface area contributed by atoms with Crippen LogP contribution in [0.4, 0.5) is 0 Å². The molecule has 7 heteroatoms. The van der Waals surface area contributed by atoms with E-state index in [4.69, 9.17) is 0 Å². The number of aromatic nitrogens is 5. The number of para-hydroxylation sites is 1. The molecule has 1 aliphatic rings. The normalized spacial score (nSPS) is 13.9. The molecule has 1 aromatic carbocycles. The van der Waals surface area contributed by atoms with Gasteiger partial charge in [-0.3, -0.25) is 13.8 Å². The molecule has 0 spiro atoms. The van der Waals surface area contributed by atoms with Crippen LogP contribution >= 0.6 is 11.8 Å². The van der Waals surface area contributed by atoms with Crippen molar-refractivity contribution in [3.05, 3.63) is 82.2 Å². The molecular weight excluding hydrogens is 370 g/mol. The van der Waals surface area contributed by atoms with Crippen LogP contribution in [0, 0.1) is 6.92 Å². The fourth-order valence-corrected chi connectivity index (χ4v) is 4.23. The van der Waals surface area contributed by atoms with Crippen molar-refractivity contribution in [3.63, 3.8) is 0 Å². The number of thioether (sulfide) groups is 1. The summed E-state index contributed by atoms with van der Waals surface area (Å²) in [4.78, 5) is 17.2. The monoisotopic (exact) mass is 389 g/mol. The Morgan fingerprint density at radius 3 is 2.68 bits per heavy atom. The first kappa shape index (κ1) is 17.2. The highest BCUT2D eigenvalue weighted by atomic mass is 32.2. The fraction of sp³-hybridized carbons (Fsp3) is 0.238. The third-order valence-electron chi connectivity index (χ3n) is 4.90. The van der Waals surface area contributed by atoms with Crippen molar-refractivity contribution in [2.45, 2.75) is 36.6 Å². The molecule has 1 aliphatic carbocycles. The van der Waals surface area contributed by atoms with Gasteiger partial charge in [0.2, 0.25) is 0 Å². The van der Waals surface area contributed by atoms with Crippen LogP contribution in [0.1, 0.15) is 36.0 Å². The van der Waals surface area contributed by atoms with E-state index in [1.807, 2.05) is 43.3 Å². The van der Waals surface area contributed by atoms with Gasteiger partial charge >= 0.3 is 0 Å². The van der Waals surface area contributed by atoms with Crippen molar-refractivity contribution in [2.75, 3.05) is 0 Å². The Morgan fingerprint density at radius 1 is 1.07 bits per heavy atom. The molecule has 0 bridgehead atoms. The molecular formula is C21H19N5OS. The summed E-state index contributed by atoms with van der Waals surface area (Å²) in [6, 6.07) is 17.5. The van der Waals surface area contributed by atoms with Crippen LogP contribution < -0.4 is 5.56 Å². The predicted octanol–water partition coefficient (Wildman–Crippen LogP) is 3.75. The number of hydrogen-bond donors (Lipinski definition) is 0. The van der Waals surface area contributed by atoms with Crippen molar-refractivity contribution >= 4 is 17.4 Å². The van der Waals surface area contributed by atoms with Crippen molar-refractivity contribution < 1.29 is 0 Å². The highest BCUT2D eigenvalue weighted by Crippen LogP contribution is 2.41. The zero-order valence-corrected chi connectivity index (χ0v) is 16.3. The molecule has 1 fully saturated rings. The van der Waals surface area contributed by atoms with E-state index in [2.05, 4.69) is 31.9 Å². The summed E-state index contributed by atoms with van der Waals surface area (Å²) in [5, 5.41) is 9.72. The summed E-state index contributed by atoms with van der Waals surface area (Å²) in [5.41, 5.74) is 3.32. The summed E-state index contributed by atoms with van der Waals surface area (Å²) in [5.74, 6) is 2.08. The summed E-state index contributed by atoms with van der Waals surface area (Å²) < 4.78 is 3.77. The van der Waals surface area contributed by atoms with Gasteiger partial charge < -0.3 is 0 Å². The Bertz CT molecular complexity index is 1210. The minimum absolute atomic E-state index is 0.0538. The Kier molecular flexibility index (Phi) is 4.24. The molecule has 4 aromatic rings. The maximum absolute atomic E-state index is 12.5. The van der Waals surface area contributed by atoms with Gasteiger partial charge in [-0.05, 0) is 44.0 Å². The van der Waals surface area contributed by atoms with Crippen LogP contribution in [0.2, 0.25) is 0 Å². The van der Waals surface area contributed by atoms with Crippen LogP contribution in [-0.4, -0.2) is 24.1 Å². The second-order valence-corrected chi connectivity index (χ2v) is 7.96. The Morgan fingerprint density at radius 2 is 1.89 bits per heavy atom. The topological polar surface area (TPSA) is 65.1 Å². The van der Waals surface area contributed by atoms with Gasteiger partial charge in [0.25, 0.3) is 5.56 Å². The first-order valence-electron chi connectivity index (χ1n) is 9.32. The minimum atomic E-state index is -0.0538. The lowest BCUT2D eigenvalue weighted by atomic mass is 10.3. The highest BCUT2D eigenvalue weighted by Gasteiger charge is 2.31. The standard InChI is InChI=1S/C21H19N5OS/c1-14-6-5-9-18-22-16(12-19(27)25(14)18)13-28-21-24-23-20(15-10-11-15)26(21)17-7-3-2-4-8-17/h2-9,12,15H,10-11,13H2,1H3. The number of aryl methyl sites for hydroxylation is 1. The van der Waals surface area contributed by atoms with Crippen molar-refractivity contribution in [1.82, 2.24) is 24.1 Å². The second-order valence-electron chi connectivity index (χ2n) is 7.02. The average Bonchev–Trinajstić information content (AvgIpc) is 3.46. The molecule has 3 heterocycles. The van der Waals surface area contributed by atoms with E-state index in [-0.39, 0.29) is 5.56 Å². The maximum atomic E-state index is 12.5. The smallest absolute Gasteiger partial charge is 0.258 e. The molecule has 0 saturated heterocycles. The number of rotatable bonds is 5. The molecule has 0 unspecified atom stereocenters. The molecule has 5 rings (SSSR count). The van der Waals surface area contributed by atoms with Crippen molar-refractivity contribution in [1.29, 1.82) is 0 Å². The van der Waals surface area contributed by atoms with Gasteiger partial charge in [0.05, 0.1) is 5.69 Å². The quantitative estimate of drug-likeness (QED) is 0.486. The fourth-order valence-electron chi connectivity index (χ4n) is 3.38. The zero-order chi connectivity index (χ0) is 19.1. The van der Waals surface area contributed by atoms with E-state index in [1.54, 1.807) is 22.2 Å². The van der Waals surface area contributed by atoms with E-state index in [0.717, 1.165) is 40.9 Å². The molecule has 0 N–H and O–H groups in total. The number of benzene rings is 1. The number of fused-ring (bicyclic) bond motifs is 1. The largest absolute Gasteiger partial charge is 0.274 e. The molecule has 6 nitrogen and oxygen atoms in total. The highest BCUT2D eigenvalue weighted by molar-refractivity contribution is 7.98. The molecule has 0 aliphatic heterocycles. The van der Waals surface area contributed by atoms with E-state index in [9.17, 15) is 4.79 Å². The number of pyridine rings is 1. The molecule has 3 aromatic heterocycles. The maximum Gasteiger partial charge on any atom is 0.258 e. The van der Waals surface area contributed by atoms with Crippen LogP contribution in [0.25, 0.3) is 11.3 Å². The van der Waals surface area contributed by atoms with E-state index in [1.165, 1.54) is 0 Å². The van der Waals surface area contributed by atoms with Crippen molar-refractivity contribution in [2.24, 2.45) is 0 Å². The molecule has 0 atom stereocenters. The van der Waals surface area contributed by atoms with E-state index in [0.29, 0.717) is 17.3 Å². The molecule has 140 valence electrons. The Balaban J connectivity index is 1.48. The van der Waals surface area contributed by atoms with Gasteiger partial charge in [-0.2, -0.15) is 0 Å². The summed E-state index contributed by atoms with van der Waals surface area (Å²) >= 11 is 1.56. The number of hydrogen-bond acceptors (Lipinski definition) is 5. The summed E-state index contributed by atoms with van der Waals surface area (Å²) in [7, 11) is 0. The van der Waals surface area contributed by atoms with Crippen LogP contribution in [-0.2, 0) is 5.75 Å². The van der Waals surface area contributed by atoms with Crippen molar-refractivity contribution in [3.8, 4) is 5.69 Å². The third kappa shape index (κ3) is 3.11. The van der Waals surface area contributed by atoms with Gasteiger partial charge in [0, 0.05) is 29.1 Å². The molecule has 28 heavy (non-hydrogen) atoms. The van der Waals surface area contributed by atoms with Gasteiger partial charge in [-0.1, -0.05) is 36.0 Å². The van der Waals surface area contributed by atoms with Gasteiger partial charge in [-0.25, -0.2) is 4.98 Å². The lowest BCUT2D eigenvalue weighted by Crippen LogP contribution is -2.17. The van der Waals surface area contributed by atoms with E-state index >= 15 is 0 Å². The third-order valence-corrected chi connectivity index (χ3v) is 5.86. The van der Waals surface area contributed by atoms with Crippen LogP contribution in [0.5, 0.6) is 0 Å². The molecule has 1 saturated carbocycles. The van der Waals surface area contributed by atoms with Gasteiger partial charge in [0.1, 0.15) is 11.5 Å². The minimum Gasteiger partial charge on any atom is -0.274 e. The van der Waals surface area contributed by atoms with Crippen LogP contribution in [0.3, 0.4) is 0 Å². The van der Waals surface area contributed by atoms with Gasteiger partial charge in [-0.15, -0.1) is 10.2 Å². The molecule has 0 amide bonds. The lowest BCUT2D eigenvalue weighted by molar-refractivity contribution is 0.829. The average molecular weight is 389 g/mol. The number of nitrogens with zero attached hydrogens (tertiary/aromatic N) is 5.